The third-order valence-electron chi connectivity index (χ3n) is 6.21. The second-order valence-corrected chi connectivity index (χ2v) is 8.54. The van der Waals surface area contributed by atoms with Crippen LogP contribution in [0, 0.1) is 6.92 Å². The molecule has 36 heavy (non-hydrogen) atoms. The number of Topliss-reactive ketones (excluding diaryl/α,β-unsaturated/α-hetero) is 1. The fourth-order valence-corrected chi connectivity index (χ4v) is 4.27. The van der Waals surface area contributed by atoms with E-state index in [-0.39, 0.29) is 17.9 Å². The van der Waals surface area contributed by atoms with Gasteiger partial charge in [0.05, 0.1) is 11.8 Å². The number of aromatic nitrogens is 1. The Balaban J connectivity index is 1.44. The number of furan rings is 1. The molecule has 1 aliphatic rings. The van der Waals surface area contributed by atoms with Crippen molar-refractivity contribution in [1.82, 2.24) is 9.88 Å². The predicted octanol–water partition coefficient (Wildman–Crippen LogP) is 5.18. The fraction of sp³-hybridized carbons (Fsp3) is 0.138. The van der Waals surface area contributed by atoms with Gasteiger partial charge in [-0.3, -0.25) is 14.6 Å². The van der Waals surface area contributed by atoms with Crippen molar-refractivity contribution < 1.29 is 23.8 Å². The summed E-state index contributed by atoms with van der Waals surface area (Å²) in [4.78, 5) is 31.6. The Labute approximate surface area is 208 Å². The van der Waals surface area contributed by atoms with Gasteiger partial charge in [-0.25, -0.2) is 0 Å². The summed E-state index contributed by atoms with van der Waals surface area (Å²) in [5, 5.41) is 11.2. The van der Waals surface area contributed by atoms with Crippen LogP contribution >= 0.6 is 0 Å². The SMILES string of the molecule is Cc1ccccc1COc1ccc(C(O)=C2C(=O)C(=O)N(Cc3cccnc3)[C@H]2c2ccco2)cc1. The Bertz CT molecular complexity index is 1410. The molecule has 0 saturated carbocycles. The van der Waals surface area contributed by atoms with Gasteiger partial charge >= 0.3 is 0 Å². The molecule has 1 N–H and O–H groups in total. The first-order valence-corrected chi connectivity index (χ1v) is 11.5. The van der Waals surface area contributed by atoms with E-state index in [1.165, 1.54) is 11.2 Å². The van der Waals surface area contributed by atoms with E-state index in [0.717, 1.165) is 16.7 Å². The number of aliphatic hydroxyl groups is 1. The average Bonchev–Trinajstić information content (AvgIpc) is 3.52. The highest BCUT2D eigenvalue weighted by Gasteiger charge is 2.47. The summed E-state index contributed by atoms with van der Waals surface area (Å²) in [5.74, 6) is -0.737. The third-order valence-corrected chi connectivity index (χ3v) is 6.21. The molecule has 1 aliphatic heterocycles. The normalized spacial score (nSPS) is 16.9. The van der Waals surface area contributed by atoms with Gasteiger partial charge in [-0.1, -0.05) is 30.3 Å². The van der Waals surface area contributed by atoms with E-state index in [4.69, 9.17) is 9.15 Å². The molecule has 2 aromatic carbocycles. The molecule has 1 amide bonds. The van der Waals surface area contributed by atoms with Crippen molar-refractivity contribution in [2.24, 2.45) is 0 Å². The highest BCUT2D eigenvalue weighted by Crippen LogP contribution is 2.40. The summed E-state index contributed by atoms with van der Waals surface area (Å²) >= 11 is 0. The number of carbonyl (C=O) groups is 2. The number of benzene rings is 2. The lowest BCUT2D eigenvalue weighted by Gasteiger charge is -2.23. The summed E-state index contributed by atoms with van der Waals surface area (Å²) in [6.45, 7) is 2.58. The van der Waals surface area contributed by atoms with E-state index in [0.29, 0.717) is 23.7 Å². The molecule has 2 aromatic heterocycles. The van der Waals surface area contributed by atoms with E-state index < -0.39 is 17.7 Å². The van der Waals surface area contributed by atoms with Crippen LogP contribution in [0.3, 0.4) is 0 Å². The van der Waals surface area contributed by atoms with Crippen molar-refractivity contribution in [3.8, 4) is 5.75 Å². The Morgan fingerprint density at radius 3 is 2.53 bits per heavy atom. The largest absolute Gasteiger partial charge is 0.507 e. The first kappa shape index (κ1) is 23.1. The lowest BCUT2D eigenvalue weighted by Crippen LogP contribution is -2.29. The number of likely N-dealkylation sites (tertiary alicyclic amines) is 1. The Hall–Kier alpha value is -4.65. The number of carbonyl (C=O) groups excluding carboxylic acids is 2. The van der Waals surface area contributed by atoms with Gasteiger partial charge in [0.2, 0.25) is 0 Å². The van der Waals surface area contributed by atoms with Crippen LogP contribution in [0.1, 0.15) is 34.1 Å². The number of ether oxygens (including phenoxy) is 1. The number of hydrogen-bond acceptors (Lipinski definition) is 6. The number of hydrogen-bond donors (Lipinski definition) is 1. The van der Waals surface area contributed by atoms with Gasteiger partial charge in [-0.05, 0) is 66.1 Å². The van der Waals surface area contributed by atoms with Gasteiger partial charge in [0.1, 0.15) is 29.9 Å². The number of amides is 1. The number of aliphatic hydroxyl groups excluding tert-OH is 1. The van der Waals surface area contributed by atoms with Crippen molar-refractivity contribution in [2.75, 3.05) is 0 Å². The molecule has 3 heterocycles. The average molecular weight is 481 g/mol. The van der Waals surface area contributed by atoms with Crippen LogP contribution in [0.15, 0.2) is 101 Å². The van der Waals surface area contributed by atoms with Gasteiger partial charge in [-0.15, -0.1) is 0 Å². The minimum Gasteiger partial charge on any atom is -0.507 e. The monoisotopic (exact) mass is 480 g/mol. The zero-order chi connectivity index (χ0) is 25.1. The van der Waals surface area contributed by atoms with Gasteiger partial charge in [-0.2, -0.15) is 0 Å². The first-order chi connectivity index (χ1) is 17.5. The molecule has 180 valence electrons. The Morgan fingerprint density at radius 1 is 1.03 bits per heavy atom. The van der Waals surface area contributed by atoms with Crippen molar-refractivity contribution >= 4 is 17.4 Å². The summed E-state index contributed by atoms with van der Waals surface area (Å²) in [6.07, 6.45) is 4.74. The van der Waals surface area contributed by atoms with Crippen molar-refractivity contribution in [2.45, 2.75) is 26.1 Å². The molecule has 0 bridgehead atoms. The summed E-state index contributed by atoms with van der Waals surface area (Å²) in [5.41, 5.74) is 3.35. The quantitative estimate of drug-likeness (QED) is 0.222. The highest BCUT2D eigenvalue weighted by molar-refractivity contribution is 6.46. The molecular weight excluding hydrogens is 456 g/mol. The highest BCUT2D eigenvalue weighted by atomic mass is 16.5. The van der Waals surface area contributed by atoms with E-state index in [1.54, 1.807) is 54.9 Å². The standard InChI is InChI=1S/C29H24N2O5/c1-19-6-2-3-8-22(19)18-36-23-12-10-21(11-13-23)27(32)25-26(24-9-5-15-35-24)31(29(34)28(25)33)17-20-7-4-14-30-16-20/h2-16,26,32H,17-18H2,1H3/t26-/m0/s1. The maximum atomic E-state index is 13.1. The van der Waals surface area contributed by atoms with Crippen LogP contribution in [0.5, 0.6) is 5.75 Å². The smallest absolute Gasteiger partial charge is 0.296 e. The maximum absolute atomic E-state index is 13.1. The number of rotatable bonds is 7. The number of pyridine rings is 1. The van der Waals surface area contributed by atoms with Gasteiger partial charge in [0, 0.05) is 24.5 Å². The summed E-state index contributed by atoms with van der Waals surface area (Å²) in [6, 6.07) is 20.8. The Morgan fingerprint density at radius 2 is 1.83 bits per heavy atom. The number of aryl methyl sites for hydroxylation is 1. The molecule has 4 aromatic rings. The fourth-order valence-electron chi connectivity index (χ4n) is 4.27. The molecular formula is C29H24N2O5. The third kappa shape index (κ3) is 4.51. The second kappa shape index (κ2) is 9.92. The molecule has 0 radical (unpaired) electrons. The van der Waals surface area contributed by atoms with E-state index in [2.05, 4.69) is 4.98 Å². The van der Waals surface area contributed by atoms with Crippen molar-refractivity contribution in [1.29, 1.82) is 0 Å². The van der Waals surface area contributed by atoms with E-state index >= 15 is 0 Å². The van der Waals surface area contributed by atoms with Crippen LogP contribution < -0.4 is 4.74 Å². The zero-order valence-electron chi connectivity index (χ0n) is 19.6. The minimum absolute atomic E-state index is 0.0209. The van der Waals surface area contributed by atoms with Crippen LogP contribution in [0.2, 0.25) is 0 Å². The molecule has 7 nitrogen and oxygen atoms in total. The first-order valence-electron chi connectivity index (χ1n) is 11.5. The Kier molecular flexibility index (Phi) is 6.36. The minimum atomic E-state index is -0.864. The second-order valence-electron chi connectivity index (χ2n) is 8.54. The number of nitrogens with zero attached hydrogens (tertiary/aromatic N) is 2. The molecule has 0 spiro atoms. The maximum Gasteiger partial charge on any atom is 0.296 e. The lowest BCUT2D eigenvalue weighted by atomic mass is 9.99. The zero-order valence-corrected chi connectivity index (χ0v) is 19.6. The molecule has 1 atom stereocenters. The van der Waals surface area contributed by atoms with Crippen LogP contribution in [-0.2, 0) is 22.7 Å². The number of ketones is 1. The predicted molar refractivity (Wildman–Crippen MR) is 133 cm³/mol. The van der Waals surface area contributed by atoms with E-state index in [9.17, 15) is 14.7 Å². The molecule has 1 fully saturated rings. The van der Waals surface area contributed by atoms with Gasteiger partial charge in [0.15, 0.2) is 0 Å². The van der Waals surface area contributed by atoms with Crippen molar-refractivity contribution in [3.63, 3.8) is 0 Å². The van der Waals surface area contributed by atoms with Crippen LogP contribution in [0.4, 0.5) is 0 Å². The van der Waals surface area contributed by atoms with E-state index in [1.807, 2.05) is 37.3 Å². The summed E-state index contributed by atoms with van der Waals surface area (Å²) < 4.78 is 11.5. The van der Waals surface area contributed by atoms with Gasteiger partial charge in [0.25, 0.3) is 11.7 Å². The molecule has 0 unspecified atom stereocenters. The molecule has 1 saturated heterocycles. The lowest BCUT2D eigenvalue weighted by molar-refractivity contribution is -0.140. The summed E-state index contributed by atoms with van der Waals surface area (Å²) in [7, 11) is 0. The van der Waals surface area contributed by atoms with Crippen LogP contribution in [-0.4, -0.2) is 26.7 Å². The topological polar surface area (TPSA) is 92.9 Å². The van der Waals surface area contributed by atoms with Crippen LogP contribution in [0.25, 0.3) is 5.76 Å². The van der Waals surface area contributed by atoms with Gasteiger partial charge < -0.3 is 19.2 Å². The van der Waals surface area contributed by atoms with Crippen molar-refractivity contribution in [3.05, 3.63) is 125 Å². The molecule has 0 aliphatic carbocycles. The molecule has 7 heteroatoms. The molecule has 5 rings (SSSR count).